The second-order valence-electron chi connectivity index (χ2n) is 5.26. The molecule has 0 saturated carbocycles. The Labute approximate surface area is 128 Å². The number of rotatable bonds is 4. The molecule has 0 radical (unpaired) electrons. The van der Waals surface area contributed by atoms with Gasteiger partial charge >= 0.3 is 11.7 Å². The first-order valence-corrected chi connectivity index (χ1v) is 7.73. The minimum absolute atomic E-state index is 0.0724. The molecule has 22 heavy (non-hydrogen) atoms. The number of fused-ring (bicyclic) bond motifs is 1. The van der Waals surface area contributed by atoms with Crippen molar-refractivity contribution in [2.24, 2.45) is 7.05 Å². The predicted molar refractivity (Wildman–Crippen MR) is 84.7 cm³/mol. The molecule has 1 aliphatic heterocycles. The van der Waals surface area contributed by atoms with Crippen molar-refractivity contribution >= 4 is 17.0 Å². The number of ether oxygens (including phenoxy) is 1. The molecule has 0 amide bonds. The van der Waals surface area contributed by atoms with Crippen LogP contribution in [0.5, 0.6) is 6.01 Å². The maximum atomic E-state index is 12.4. The first kappa shape index (κ1) is 14.8. The number of aryl methyl sites for hydroxylation is 2. The second kappa shape index (κ2) is 5.96. The van der Waals surface area contributed by atoms with E-state index in [2.05, 4.69) is 20.2 Å². The number of nitrogens with zero attached hydrogens (tertiary/aromatic N) is 5. The van der Waals surface area contributed by atoms with Crippen LogP contribution < -0.4 is 20.6 Å². The van der Waals surface area contributed by atoms with Gasteiger partial charge in [-0.15, -0.1) is 0 Å². The molecule has 2 aromatic heterocycles. The molecule has 0 aromatic carbocycles. The van der Waals surface area contributed by atoms with Gasteiger partial charge in [-0.05, 0) is 13.8 Å². The summed E-state index contributed by atoms with van der Waals surface area (Å²) in [4.78, 5) is 23.6. The largest absolute Gasteiger partial charge is 0.464 e. The van der Waals surface area contributed by atoms with Crippen LogP contribution in [0.25, 0.3) is 11.2 Å². The highest BCUT2D eigenvalue weighted by molar-refractivity contribution is 5.85. The van der Waals surface area contributed by atoms with Gasteiger partial charge in [0.2, 0.25) is 0 Å². The lowest BCUT2D eigenvalue weighted by Crippen LogP contribution is -2.44. The molecule has 3 heterocycles. The van der Waals surface area contributed by atoms with E-state index in [1.54, 1.807) is 16.2 Å². The van der Waals surface area contributed by atoms with Crippen LogP contribution in [0.1, 0.15) is 13.8 Å². The van der Waals surface area contributed by atoms with E-state index in [-0.39, 0.29) is 5.69 Å². The molecule has 0 unspecified atom stereocenters. The number of anilines is 1. The van der Waals surface area contributed by atoms with Crippen molar-refractivity contribution in [1.29, 1.82) is 0 Å². The molecule has 1 N–H and O–H groups in total. The van der Waals surface area contributed by atoms with Crippen molar-refractivity contribution in [2.45, 2.75) is 20.4 Å². The average Bonchev–Trinajstić information content (AvgIpc) is 2.79. The molecule has 8 heteroatoms. The summed E-state index contributed by atoms with van der Waals surface area (Å²) in [6.45, 7) is 8.45. The first-order valence-electron chi connectivity index (χ1n) is 7.73. The van der Waals surface area contributed by atoms with Crippen LogP contribution in [-0.4, -0.2) is 51.9 Å². The molecule has 1 aliphatic rings. The minimum Gasteiger partial charge on any atom is -0.464 e. The van der Waals surface area contributed by atoms with Crippen molar-refractivity contribution < 1.29 is 4.74 Å². The van der Waals surface area contributed by atoms with Gasteiger partial charge in [0.1, 0.15) is 5.52 Å². The zero-order chi connectivity index (χ0) is 15.7. The highest BCUT2D eigenvalue weighted by Crippen LogP contribution is 2.25. The van der Waals surface area contributed by atoms with Crippen LogP contribution in [0.4, 0.5) is 5.82 Å². The maximum Gasteiger partial charge on any atom is 0.330 e. The van der Waals surface area contributed by atoms with E-state index in [1.807, 2.05) is 13.8 Å². The molecule has 1 saturated heterocycles. The molecule has 8 nitrogen and oxygen atoms in total. The Kier molecular flexibility index (Phi) is 4.02. The smallest absolute Gasteiger partial charge is 0.330 e. The van der Waals surface area contributed by atoms with E-state index in [4.69, 9.17) is 4.74 Å². The Morgan fingerprint density at radius 2 is 1.95 bits per heavy atom. The fourth-order valence-electron chi connectivity index (χ4n) is 2.84. The molecule has 2 aromatic rings. The van der Waals surface area contributed by atoms with E-state index in [9.17, 15) is 4.79 Å². The van der Waals surface area contributed by atoms with Gasteiger partial charge < -0.3 is 15.0 Å². The van der Waals surface area contributed by atoms with Crippen molar-refractivity contribution in [3.8, 4) is 6.01 Å². The number of nitrogens with one attached hydrogen (secondary N) is 1. The number of hydrogen-bond donors (Lipinski definition) is 1. The third kappa shape index (κ3) is 2.33. The third-order valence-corrected chi connectivity index (χ3v) is 3.94. The number of piperazine rings is 1. The Bertz CT molecular complexity index is 729. The maximum absolute atomic E-state index is 12.4. The monoisotopic (exact) mass is 306 g/mol. The molecule has 0 atom stereocenters. The van der Waals surface area contributed by atoms with Crippen LogP contribution in [0.15, 0.2) is 4.79 Å². The lowest BCUT2D eigenvalue weighted by molar-refractivity contribution is 0.313. The molecule has 120 valence electrons. The van der Waals surface area contributed by atoms with E-state index in [1.165, 1.54) is 0 Å². The molecule has 1 fully saturated rings. The summed E-state index contributed by atoms with van der Waals surface area (Å²) in [6.07, 6.45) is 0. The summed E-state index contributed by atoms with van der Waals surface area (Å²) >= 11 is 0. The lowest BCUT2D eigenvalue weighted by atomic mass is 10.3. The van der Waals surface area contributed by atoms with Gasteiger partial charge in [0.15, 0.2) is 11.5 Å². The molecular formula is C14H22N6O2. The Morgan fingerprint density at radius 3 is 2.59 bits per heavy atom. The summed E-state index contributed by atoms with van der Waals surface area (Å²) in [5, 5.41) is 3.33. The third-order valence-electron chi connectivity index (χ3n) is 3.94. The van der Waals surface area contributed by atoms with Crippen LogP contribution in [-0.2, 0) is 13.6 Å². The van der Waals surface area contributed by atoms with Crippen LogP contribution in [0.3, 0.4) is 0 Å². The molecule has 0 spiro atoms. The molecular weight excluding hydrogens is 284 g/mol. The predicted octanol–water partition coefficient (Wildman–Crippen LogP) is -0.0418. The Balaban J connectivity index is 2.26. The fourth-order valence-corrected chi connectivity index (χ4v) is 2.84. The highest BCUT2D eigenvalue weighted by Gasteiger charge is 2.23. The molecule has 0 aliphatic carbocycles. The standard InChI is InChI=1S/C14H22N6O2/c1-4-20-10-11(18(3)14(20)21)16-13(22-5-2)17-12(10)19-8-6-15-7-9-19/h15H,4-9H2,1-3H3. The van der Waals surface area contributed by atoms with Gasteiger partial charge in [-0.25, -0.2) is 4.79 Å². The first-order chi connectivity index (χ1) is 10.7. The average molecular weight is 306 g/mol. The van der Waals surface area contributed by atoms with Crippen LogP contribution in [0.2, 0.25) is 0 Å². The van der Waals surface area contributed by atoms with Crippen molar-refractivity contribution in [1.82, 2.24) is 24.4 Å². The van der Waals surface area contributed by atoms with Crippen molar-refractivity contribution in [2.75, 3.05) is 37.7 Å². The topological polar surface area (TPSA) is 77.2 Å². The number of hydrogen-bond acceptors (Lipinski definition) is 6. The van der Waals surface area contributed by atoms with Crippen LogP contribution >= 0.6 is 0 Å². The van der Waals surface area contributed by atoms with E-state index in [0.717, 1.165) is 37.5 Å². The van der Waals surface area contributed by atoms with E-state index in [0.29, 0.717) is 24.8 Å². The van der Waals surface area contributed by atoms with Gasteiger partial charge in [0.25, 0.3) is 0 Å². The summed E-state index contributed by atoms with van der Waals surface area (Å²) in [6, 6.07) is 0.326. The quantitative estimate of drug-likeness (QED) is 0.854. The minimum atomic E-state index is -0.0724. The van der Waals surface area contributed by atoms with E-state index >= 15 is 0 Å². The Morgan fingerprint density at radius 1 is 1.23 bits per heavy atom. The van der Waals surface area contributed by atoms with Gasteiger partial charge in [0.05, 0.1) is 6.61 Å². The summed E-state index contributed by atoms with van der Waals surface area (Å²) in [7, 11) is 1.74. The van der Waals surface area contributed by atoms with Crippen molar-refractivity contribution in [3.05, 3.63) is 10.5 Å². The zero-order valence-corrected chi connectivity index (χ0v) is 13.3. The molecule has 0 bridgehead atoms. The van der Waals surface area contributed by atoms with E-state index < -0.39 is 0 Å². The zero-order valence-electron chi connectivity index (χ0n) is 13.3. The lowest BCUT2D eigenvalue weighted by Gasteiger charge is -2.29. The fraction of sp³-hybridized carbons (Fsp3) is 0.643. The van der Waals surface area contributed by atoms with Gasteiger partial charge in [0, 0.05) is 39.8 Å². The Hall–Kier alpha value is -2.09. The highest BCUT2D eigenvalue weighted by atomic mass is 16.5. The normalized spacial score (nSPS) is 15.5. The summed E-state index contributed by atoms with van der Waals surface area (Å²) < 4.78 is 8.78. The molecule has 3 rings (SSSR count). The SMILES string of the molecule is CCOc1nc(N2CCNCC2)c2c(n1)n(C)c(=O)n2CC. The van der Waals surface area contributed by atoms with Crippen molar-refractivity contribution in [3.63, 3.8) is 0 Å². The van der Waals surface area contributed by atoms with Gasteiger partial charge in [-0.3, -0.25) is 9.13 Å². The van der Waals surface area contributed by atoms with Gasteiger partial charge in [-0.1, -0.05) is 0 Å². The number of aromatic nitrogens is 4. The summed E-state index contributed by atoms with van der Waals surface area (Å²) in [5.74, 6) is 0.787. The number of imidazole rings is 1. The summed E-state index contributed by atoms with van der Waals surface area (Å²) in [5.41, 5.74) is 1.34. The van der Waals surface area contributed by atoms with Crippen LogP contribution in [0, 0.1) is 0 Å². The second-order valence-corrected chi connectivity index (χ2v) is 5.26. The van der Waals surface area contributed by atoms with Gasteiger partial charge in [-0.2, -0.15) is 9.97 Å².